The summed E-state index contributed by atoms with van der Waals surface area (Å²) in [5.74, 6) is 0.0445. The van der Waals surface area contributed by atoms with Gasteiger partial charge in [-0.3, -0.25) is 14.2 Å². The lowest BCUT2D eigenvalue weighted by Crippen LogP contribution is -2.29. The van der Waals surface area contributed by atoms with E-state index in [0.717, 1.165) is 12.7 Å². The van der Waals surface area contributed by atoms with Gasteiger partial charge in [-0.15, -0.1) is 0 Å². The Morgan fingerprint density at radius 3 is 2.50 bits per heavy atom. The summed E-state index contributed by atoms with van der Waals surface area (Å²) in [4.78, 5) is 42.7. The number of benzene rings is 3. The number of methoxy groups -OCH3 is 1. The predicted octanol–water partition coefficient (Wildman–Crippen LogP) is 5.37. The molecule has 0 spiro atoms. The summed E-state index contributed by atoms with van der Waals surface area (Å²) in [6, 6.07) is 20.5. The summed E-state index contributed by atoms with van der Waals surface area (Å²) in [7, 11) is 1.16. The highest BCUT2D eigenvalue weighted by Gasteiger charge is 2.23. The van der Waals surface area contributed by atoms with E-state index in [9.17, 15) is 14.4 Å². The minimum Gasteiger partial charge on any atom is -0.444 e. The van der Waals surface area contributed by atoms with Crippen LogP contribution in [0.25, 0.3) is 27.9 Å². The Kier molecular flexibility index (Phi) is 6.92. The molecule has 0 radical (unpaired) electrons. The Balaban J connectivity index is 1.57. The summed E-state index contributed by atoms with van der Waals surface area (Å²) in [6.45, 7) is -0.223. The smallest absolute Gasteiger partial charge is 0.444 e. The zero-order chi connectivity index (χ0) is 26.6. The molecular weight excluding hydrogens is 510 g/mol. The largest absolute Gasteiger partial charge is 0.514 e. The molecule has 0 unspecified atom stereocenters. The first kappa shape index (κ1) is 24.8. The van der Waals surface area contributed by atoms with Gasteiger partial charge in [-0.1, -0.05) is 41.9 Å². The zero-order valence-corrected chi connectivity index (χ0v) is 20.8. The van der Waals surface area contributed by atoms with Crippen LogP contribution in [-0.2, 0) is 11.3 Å². The molecule has 0 atom stereocenters. The molecule has 10 heteroatoms. The molecule has 3 aromatic carbocycles. The van der Waals surface area contributed by atoms with E-state index in [1.54, 1.807) is 77.5 Å². The van der Waals surface area contributed by atoms with Crippen LogP contribution < -0.4 is 15.5 Å². The molecule has 0 bridgehead atoms. The minimum atomic E-state index is -1.02. The van der Waals surface area contributed by atoms with Crippen molar-refractivity contribution in [1.29, 1.82) is 0 Å². The van der Waals surface area contributed by atoms with Crippen LogP contribution >= 0.6 is 11.6 Å². The van der Waals surface area contributed by atoms with E-state index < -0.39 is 17.5 Å². The molecule has 2 aromatic heterocycles. The van der Waals surface area contributed by atoms with Gasteiger partial charge in [0, 0.05) is 27.2 Å². The number of aromatic nitrogens is 2. The Morgan fingerprint density at radius 2 is 1.82 bits per heavy atom. The lowest BCUT2D eigenvalue weighted by atomic mass is 10.1. The summed E-state index contributed by atoms with van der Waals surface area (Å²) in [5.41, 5.74) is 1.77. The molecule has 0 fully saturated rings. The molecular formula is C28H20ClN3O6. The fraction of sp³-hybridized carbons (Fsp3) is 0.0714. The van der Waals surface area contributed by atoms with Crippen molar-refractivity contribution < 1.29 is 23.5 Å². The predicted molar refractivity (Wildman–Crippen MR) is 141 cm³/mol. The number of rotatable bonds is 6. The number of nitrogens with one attached hydrogen (secondary N) is 1. The van der Waals surface area contributed by atoms with Crippen molar-refractivity contribution in [3.8, 4) is 22.9 Å². The van der Waals surface area contributed by atoms with Crippen molar-refractivity contribution in [3.63, 3.8) is 0 Å². The second-order valence-corrected chi connectivity index (χ2v) is 8.56. The van der Waals surface area contributed by atoms with Crippen molar-refractivity contribution in [2.24, 2.45) is 0 Å². The van der Waals surface area contributed by atoms with Gasteiger partial charge < -0.3 is 19.2 Å². The van der Waals surface area contributed by atoms with Crippen LogP contribution in [0.5, 0.6) is 5.88 Å². The van der Waals surface area contributed by atoms with Crippen molar-refractivity contribution in [1.82, 2.24) is 14.9 Å². The van der Waals surface area contributed by atoms with Crippen LogP contribution in [0.3, 0.4) is 0 Å². The van der Waals surface area contributed by atoms with Gasteiger partial charge in [0.25, 0.3) is 5.91 Å². The topological polar surface area (TPSA) is 113 Å². The normalized spacial score (nSPS) is 10.8. The maximum Gasteiger partial charge on any atom is 0.514 e. The molecule has 5 rings (SSSR count). The number of ether oxygens (including phenoxy) is 2. The van der Waals surface area contributed by atoms with Crippen LogP contribution in [0.4, 0.5) is 4.79 Å². The number of para-hydroxylation sites is 1. The summed E-state index contributed by atoms with van der Waals surface area (Å²) in [5, 5.41) is 3.47. The maximum atomic E-state index is 13.6. The minimum absolute atomic E-state index is 0.0562. The van der Waals surface area contributed by atoms with Gasteiger partial charge in [0.2, 0.25) is 5.88 Å². The monoisotopic (exact) mass is 529 g/mol. The molecule has 0 aliphatic carbocycles. The fourth-order valence-electron chi connectivity index (χ4n) is 4.02. The number of carbonyl (C=O) groups is 2. The van der Waals surface area contributed by atoms with Crippen LogP contribution in [0.1, 0.15) is 15.9 Å². The first-order valence-corrected chi connectivity index (χ1v) is 11.8. The molecule has 2 heterocycles. The second-order valence-electron chi connectivity index (χ2n) is 8.13. The molecule has 0 saturated heterocycles. The van der Waals surface area contributed by atoms with Gasteiger partial charge >= 0.3 is 6.16 Å². The van der Waals surface area contributed by atoms with Gasteiger partial charge in [-0.2, -0.15) is 0 Å². The third kappa shape index (κ3) is 4.87. The number of oxazole rings is 1. The average Bonchev–Trinajstić information content (AvgIpc) is 3.48. The van der Waals surface area contributed by atoms with Crippen LogP contribution in [0.15, 0.2) is 94.6 Å². The average molecular weight is 530 g/mol. The second kappa shape index (κ2) is 10.6. The molecule has 9 nitrogen and oxygen atoms in total. The van der Waals surface area contributed by atoms with Gasteiger partial charge in [0.05, 0.1) is 30.9 Å². The molecule has 1 N–H and O–H groups in total. The highest BCUT2D eigenvalue weighted by molar-refractivity contribution is 6.31. The van der Waals surface area contributed by atoms with Crippen LogP contribution in [-0.4, -0.2) is 28.7 Å². The Bertz CT molecular complexity index is 1680. The summed E-state index contributed by atoms with van der Waals surface area (Å²) in [6.07, 6.45) is 1.87. The molecule has 1 amide bonds. The first-order valence-electron chi connectivity index (χ1n) is 11.4. The van der Waals surface area contributed by atoms with Crippen molar-refractivity contribution >= 4 is 34.6 Å². The Morgan fingerprint density at radius 1 is 1.05 bits per heavy atom. The van der Waals surface area contributed by atoms with E-state index >= 15 is 0 Å². The summed E-state index contributed by atoms with van der Waals surface area (Å²) < 4.78 is 17.1. The van der Waals surface area contributed by atoms with Gasteiger partial charge in [-0.05, 0) is 42.5 Å². The number of pyridine rings is 1. The van der Waals surface area contributed by atoms with E-state index in [2.05, 4.69) is 10.3 Å². The van der Waals surface area contributed by atoms with E-state index in [4.69, 9.17) is 25.5 Å². The highest BCUT2D eigenvalue weighted by atomic mass is 35.5. The van der Waals surface area contributed by atoms with Crippen molar-refractivity contribution in [2.75, 3.05) is 7.11 Å². The standard InChI is InChI=1S/C28H20ClN3O6/c1-36-28(35)38-27-22(14-31-26(34)18-9-7-17(8-10-18)24-15-30-16-37-24)25(33)21-12-11-19(29)13-23(21)32(27)20-5-3-2-4-6-20/h2-13,15-16H,14H2,1H3,(H,31,34). The van der Waals surface area contributed by atoms with Crippen LogP contribution in [0, 0.1) is 0 Å². The Labute approximate surface area is 221 Å². The third-order valence-corrected chi connectivity index (χ3v) is 6.07. The molecule has 38 heavy (non-hydrogen) atoms. The molecule has 0 aliphatic rings. The number of halogens is 1. The maximum absolute atomic E-state index is 13.6. The Hall–Kier alpha value is -4.89. The van der Waals surface area contributed by atoms with E-state index in [1.165, 1.54) is 6.39 Å². The molecule has 0 aliphatic heterocycles. The lowest BCUT2D eigenvalue weighted by Gasteiger charge is -2.20. The van der Waals surface area contributed by atoms with E-state index in [1.807, 2.05) is 6.07 Å². The summed E-state index contributed by atoms with van der Waals surface area (Å²) >= 11 is 6.26. The first-order chi connectivity index (χ1) is 18.5. The zero-order valence-electron chi connectivity index (χ0n) is 20.0. The van der Waals surface area contributed by atoms with Gasteiger partial charge in [0.15, 0.2) is 17.6 Å². The van der Waals surface area contributed by atoms with E-state index in [0.29, 0.717) is 32.9 Å². The highest BCUT2D eigenvalue weighted by Crippen LogP contribution is 2.29. The van der Waals surface area contributed by atoms with Gasteiger partial charge in [0.1, 0.15) is 0 Å². The third-order valence-electron chi connectivity index (χ3n) is 5.83. The number of hydrogen-bond donors (Lipinski definition) is 1. The lowest BCUT2D eigenvalue weighted by molar-refractivity contribution is 0.0950. The van der Waals surface area contributed by atoms with Crippen molar-refractivity contribution in [3.05, 3.63) is 112 Å². The SMILES string of the molecule is COC(=O)Oc1c(CNC(=O)c2ccc(-c3cnco3)cc2)c(=O)c2ccc(Cl)cc2n1-c1ccccc1. The van der Waals surface area contributed by atoms with Crippen molar-refractivity contribution in [2.45, 2.75) is 6.54 Å². The molecule has 5 aromatic rings. The quantitative estimate of drug-likeness (QED) is 0.294. The number of amides is 1. The number of carbonyl (C=O) groups excluding carboxylic acids is 2. The number of hydrogen-bond acceptors (Lipinski definition) is 7. The number of fused-ring (bicyclic) bond motifs is 1. The van der Waals surface area contributed by atoms with Gasteiger partial charge in [-0.25, -0.2) is 9.78 Å². The van der Waals surface area contributed by atoms with Crippen LogP contribution in [0.2, 0.25) is 5.02 Å². The molecule has 0 saturated carbocycles. The molecule has 190 valence electrons. The van der Waals surface area contributed by atoms with E-state index in [-0.39, 0.29) is 18.0 Å². The fourth-order valence-corrected chi connectivity index (χ4v) is 4.18. The number of nitrogens with zero attached hydrogens (tertiary/aromatic N) is 2.